The lowest BCUT2D eigenvalue weighted by atomic mass is 10.2. The summed E-state index contributed by atoms with van der Waals surface area (Å²) < 4.78 is 0. The first-order valence-corrected chi connectivity index (χ1v) is 7.23. The molecule has 3 rings (SSSR count). The number of hydrogen-bond acceptors (Lipinski definition) is 5. The van der Waals surface area contributed by atoms with Crippen LogP contribution < -0.4 is 16.0 Å². The average molecular weight is 283 g/mol. The van der Waals surface area contributed by atoms with Crippen molar-refractivity contribution in [1.29, 1.82) is 0 Å². The molecule has 1 aliphatic rings. The summed E-state index contributed by atoms with van der Waals surface area (Å²) in [5.74, 6) is 2.73. The highest BCUT2D eigenvalue weighted by atomic mass is 15.1. The van der Waals surface area contributed by atoms with Crippen LogP contribution in [0.2, 0.25) is 0 Å². The van der Waals surface area contributed by atoms with E-state index in [2.05, 4.69) is 32.3 Å². The van der Waals surface area contributed by atoms with E-state index < -0.39 is 0 Å². The molecule has 0 spiro atoms. The molecule has 0 unspecified atom stereocenters. The molecule has 1 aliphatic carbocycles. The molecule has 2 aromatic rings. The van der Waals surface area contributed by atoms with E-state index in [4.69, 9.17) is 5.73 Å². The van der Waals surface area contributed by atoms with Crippen LogP contribution >= 0.6 is 0 Å². The Labute approximate surface area is 125 Å². The minimum atomic E-state index is 0.488. The summed E-state index contributed by atoms with van der Waals surface area (Å²) in [5.41, 5.74) is 9.06. The highest BCUT2D eigenvalue weighted by molar-refractivity contribution is 5.67. The van der Waals surface area contributed by atoms with Crippen molar-refractivity contribution in [3.8, 4) is 0 Å². The maximum Gasteiger partial charge on any atom is 0.139 e. The predicted molar refractivity (Wildman–Crippen MR) is 87.2 cm³/mol. The first-order valence-electron chi connectivity index (χ1n) is 7.23. The molecule has 1 aromatic carbocycles. The molecule has 0 radical (unpaired) electrons. The standard InChI is InChI=1S/C16H21N5/c1-10-14(17)19-16(11-7-8-11)20-15(10)18-12-5-4-6-13(9-12)21(2)3/h4-6,9,11H,7-8H2,1-3H3,(H3,17,18,19,20). The molecule has 1 heterocycles. The molecule has 0 aliphatic heterocycles. The zero-order chi connectivity index (χ0) is 15.0. The normalized spacial score (nSPS) is 14.0. The highest BCUT2D eigenvalue weighted by Gasteiger charge is 2.27. The molecule has 3 N–H and O–H groups in total. The van der Waals surface area contributed by atoms with Crippen LogP contribution in [0.25, 0.3) is 0 Å². The van der Waals surface area contributed by atoms with Crippen molar-refractivity contribution in [2.45, 2.75) is 25.7 Å². The van der Waals surface area contributed by atoms with E-state index in [9.17, 15) is 0 Å². The lowest BCUT2D eigenvalue weighted by molar-refractivity contribution is 0.928. The molecule has 0 saturated heterocycles. The molecule has 5 heteroatoms. The molecule has 1 aromatic heterocycles. The fraction of sp³-hybridized carbons (Fsp3) is 0.375. The minimum absolute atomic E-state index is 0.488. The third-order valence-electron chi connectivity index (χ3n) is 3.77. The Kier molecular flexibility index (Phi) is 3.41. The Morgan fingerprint density at radius 1 is 1.24 bits per heavy atom. The van der Waals surface area contributed by atoms with Gasteiger partial charge in [0.15, 0.2) is 0 Å². The second kappa shape index (κ2) is 5.24. The van der Waals surface area contributed by atoms with Crippen LogP contribution in [0.15, 0.2) is 24.3 Å². The summed E-state index contributed by atoms with van der Waals surface area (Å²) in [6.45, 7) is 1.95. The van der Waals surface area contributed by atoms with Crippen LogP contribution in [0.5, 0.6) is 0 Å². The Bertz CT molecular complexity index is 662. The molecule has 0 atom stereocenters. The maximum absolute atomic E-state index is 6.02. The SMILES string of the molecule is Cc1c(N)nc(C2CC2)nc1Nc1cccc(N(C)C)c1. The van der Waals surface area contributed by atoms with Gasteiger partial charge in [-0.05, 0) is 38.0 Å². The third-order valence-corrected chi connectivity index (χ3v) is 3.77. The van der Waals surface area contributed by atoms with Gasteiger partial charge in [-0.15, -0.1) is 0 Å². The van der Waals surface area contributed by atoms with Gasteiger partial charge in [-0.1, -0.05) is 6.07 Å². The Morgan fingerprint density at radius 3 is 2.67 bits per heavy atom. The second-order valence-corrected chi connectivity index (χ2v) is 5.78. The zero-order valence-corrected chi connectivity index (χ0v) is 12.7. The lowest BCUT2D eigenvalue weighted by Gasteiger charge is -2.15. The van der Waals surface area contributed by atoms with Crippen LogP contribution in [0.3, 0.4) is 0 Å². The van der Waals surface area contributed by atoms with E-state index >= 15 is 0 Å². The van der Waals surface area contributed by atoms with Crippen molar-refractivity contribution in [2.24, 2.45) is 0 Å². The van der Waals surface area contributed by atoms with Crippen molar-refractivity contribution < 1.29 is 0 Å². The lowest BCUT2D eigenvalue weighted by Crippen LogP contribution is -2.09. The Balaban J connectivity index is 1.92. The number of benzene rings is 1. The molecular weight excluding hydrogens is 262 g/mol. The van der Waals surface area contributed by atoms with Gasteiger partial charge in [-0.2, -0.15) is 0 Å². The fourth-order valence-electron chi connectivity index (χ4n) is 2.20. The second-order valence-electron chi connectivity index (χ2n) is 5.78. The Morgan fingerprint density at radius 2 is 2.00 bits per heavy atom. The minimum Gasteiger partial charge on any atom is -0.383 e. The van der Waals surface area contributed by atoms with Crippen LogP contribution in [-0.4, -0.2) is 24.1 Å². The Hall–Kier alpha value is -2.30. The predicted octanol–water partition coefficient (Wildman–Crippen LogP) is 3.05. The molecule has 21 heavy (non-hydrogen) atoms. The van der Waals surface area contributed by atoms with Crippen molar-refractivity contribution in [3.05, 3.63) is 35.7 Å². The van der Waals surface area contributed by atoms with Gasteiger partial charge >= 0.3 is 0 Å². The summed E-state index contributed by atoms with van der Waals surface area (Å²) in [6, 6.07) is 8.22. The number of nitrogens with one attached hydrogen (secondary N) is 1. The van der Waals surface area contributed by atoms with Crippen molar-refractivity contribution in [3.63, 3.8) is 0 Å². The molecule has 1 saturated carbocycles. The molecule has 0 amide bonds. The summed E-state index contributed by atoms with van der Waals surface area (Å²) in [4.78, 5) is 11.1. The molecule has 110 valence electrons. The summed E-state index contributed by atoms with van der Waals surface area (Å²) in [7, 11) is 4.05. The molecular formula is C16H21N5. The number of hydrogen-bond donors (Lipinski definition) is 2. The zero-order valence-electron chi connectivity index (χ0n) is 12.7. The van der Waals surface area contributed by atoms with Crippen LogP contribution in [-0.2, 0) is 0 Å². The van der Waals surface area contributed by atoms with Gasteiger partial charge in [0.2, 0.25) is 0 Å². The van der Waals surface area contributed by atoms with Gasteiger partial charge in [0.05, 0.1) is 0 Å². The molecule has 5 nitrogen and oxygen atoms in total. The number of aromatic nitrogens is 2. The number of rotatable bonds is 4. The van der Waals surface area contributed by atoms with Gasteiger partial charge in [-0.25, -0.2) is 9.97 Å². The van der Waals surface area contributed by atoms with E-state index in [1.165, 1.54) is 0 Å². The highest BCUT2D eigenvalue weighted by Crippen LogP contribution is 2.39. The summed E-state index contributed by atoms with van der Waals surface area (Å²) in [6.07, 6.45) is 2.33. The fourth-order valence-corrected chi connectivity index (χ4v) is 2.20. The smallest absolute Gasteiger partial charge is 0.139 e. The monoisotopic (exact) mass is 283 g/mol. The largest absolute Gasteiger partial charge is 0.383 e. The first kappa shape index (κ1) is 13.7. The van der Waals surface area contributed by atoms with Gasteiger partial charge < -0.3 is 16.0 Å². The number of nitrogen functional groups attached to an aromatic ring is 1. The van der Waals surface area contributed by atoms with Crippen molar-refractivity contribution in [2.75, 3.05) is 30.0 Å². The van der Waals surface area contributed by atoms with Crippen LogP contribution in [0.4, 0.5) is 23.0 Å². The first-order chi connectivity index (χ1) is 10.0. The third kappa shape index (κ3) is 2.91. The van der Waals surface area contributed by atoms with Crippen LogP contribution in [0, 0.1) is 6.92 Å². The topological polar surface area (TPSA) is 67.1 Å². The number of nitrogens with two attached hydrogens (primary N) is 1. The average Bonchev–Trinajstić information content (AvgIpc) is 3.28. The number of nitrogens with zero attached hydrogens (tertiary/aromatic N) is 3. The van der Waals surface area contributed by atoms with Gasteiger partial charge in [0.1, 0.15) is 17.5 Å². The van der Waals surface area contributed by atoms with Crippen molar-refractivity contribution in [1.82, 2.24) is 9.97 Å². The summed E-state index contributed by atoms with van der Waals surface area (Å²) in [5, 5.41) is 3.37. The van der Waals surface area contributed by atoms with Gasteiger partial charge in [0, 0.05) is 37.0 Å². The molecule has 1 fully saturated rings. The summed E-state index contributed by atoms with van der Waals surface area (Å²) >= 11 is 0. The van der Waals surface area contributed by atoms with Crippen molar-refractivity contribution >= 4 is 23.0 Å². The van der Waals surface area contributed by atoms with E-state index in [0.29, 0.717) is 11.7 Å². The van der Waals surface area contributed by atoms with Crippen LogP contribution in [0.1, 0.15) is 30.1 Å². The van der Waals surface area contributed by atoms with E-state index in [1.54, 1.807) is 0 Å². The van der Waals surface area contributed by atoms with Gasteiger partial charge in [-0.3, -0.25) is 0 Å². The van der Waals surface area contributed by atoms with Gasteiger partial charge in [0.25, 0.3) is 0 Å². The van der Waals surface area contributed by atoms with E-state index in [0.717, 1.165) is 41.4 Å². The van der Waals surface area contributed by atoms with E-state index in [1.807, 2.05) is 33.2 Å². The maximum atomic E-state index is 6.02. The quantitative estimate of drug-likeness (QED) is 0.902. The number of anilines is 4. The molecule has 0 bridgehead atoms. The van der Waals surface area contributed by atoms with E-state index in [-0.39, 0.29) is 0 Å².